The van der Waals surface area contributed by atoms with Crippen LogP contribution in [0, 0.1) is 0 Å². The van der Waals surface area contributed by atoms with Crippen molar-refractivity contribution in [1.82, 2.24) is 19.7 Å². The molecule has 3 aliphatic rings. The van der Waals surface area contributed by atoms with Crippen molar-refractivity contribution in [2.75, 3.05) is 4.90 Å². The van der Waals surface area contributed by atoms with Crippen molar-refractivity contribution in [1.29, 1.82) is 0 Å². The normalized spacial score (nSPS) is 18.3. The maximum Gasteiger partial charge on any atom is 0.260 e. The Morgan fingerprint density at radius 1 is 1.17 bits per heavy atom. The number of aromatic nitrogens is 4. The van der Waals surface area contributed by atoms with Gasteiger partial charge in [-0.15, -0.1) is 10.2 Å². The number of carbonyl (C=O) groups is 1. The number of carbonyl (C=O) groups excluding carboxylic acids is 1. The number of fused-ring (bicyclic) bond motifs is 2. The molecule has 0 unspecified atom stereocenters. The van der Waals surface area contributed by atoms with Gasteiger partial charge in [0.1, 0.15) is 29.2 Å². The molecular weight excluding hydrogens is 366 g/mol. The molecular formula is C22H21N5O2. The highest BCUT2D eigenvalue weighted by Gasteiger charge is 2.50. The maximum absolute atomic E-state index is 13.1. The van der Waals surface area contributed by atoms with Gasteiger partial charge in [0, 0.05) is 18.0 Å². The summed E-state index contributed by atoms with van der Waals surface area (Å²) in [4.78, 5) is 19.6. The van der Waals surface area contributed by atoms with Gasteiger partial charge < -0.3 is 9.30 Å². The van der Waals surface area contributed by atoms with E-state index >= 15 is 0 Å². The number of pyridine rings is 1. The predicted molar refractivity (Wildman–Crippen MR) is 107 cm³/mol. The van der Waals surface area contributed by atoms with Crippen molar-refractivity contribution < 1.29 is 9.53 Å². The molecule has 7 heteroatoms. The summed E-state index contributed by atoms with van der Waals surface area (Å²) in [6.45, 7) is 4.68. The molecule has 0 saturated heterocycles. The summed E-state index contributed by atoms with van der Waals surface area (Å²) in [6.07, 6.45) is 4.90. The van der Waals surface area contributed by atoms with Gasteiger partial charge in [0.2, 0.25) is 0 Å². The third-order valence-corrected chi connectivity index (χ3v) is 6.11. The van der Waals surface area contributed by atoms with E-state index in [0.29, 0.717) is 23.9 Å². The van der Waals surface area contributed by atoms with Gasteiger partial charge in [0.15, 0.2) is 5.82 Å². The lowest BCUT2D eigenvalue weighted by Gasteiger charge is -2.16. The molecule has 4 heterocycles. The van der Waals surface area contributed by atoms with Gasteiger partial charge in [-0.25, -0.2) is 4.98 Å². The number of hydrogen-bond donors (Lipinski definition) is 0. The van der Waals surface area contributed by atoms with Gasteiger partial charge in [0.05, 0.1) is 6.54 Å². The van der Waals surface area contributed by atoms with E-state index in [1.165, 1.54) is 5.56 Å². The van der Waals surface area contributed by atoms with Crippen molar-refractivity contribution in [2.45, 2.75) is 51.3 Å². The average Bonchev–Trinajstić information content (AvgIpc) is 3.07. The van der Waals surface area contributed by atoms with Gasteiger partial charge in [-0.3, -0.25) is 9.69 Å². The summed E-state index contributed by atoms with van der Waals surface area (Å²) >= 11 is 0. The minimum absolute atomic E-state index is 0.0295. The molecule has 29 heavy (non-hydrogen) atoms. The molecule has 1 amide bonds. The van der Waals surface area contributed by atoms with Gasteiger partial charge in [-0.2, -0.15) is 0 Å². The Morgan fingerprint density at radius 3 is 2.83 bits per heavy atom. The third kappa shape index (κ3) is 2.50. The summed E-state index contributed by atoms with van der Waals surface area (Å²) in [5, 5.41) is 8.25. The van der Waals surface area contributed by atoms with Crippen molar-refractivity contribution >= 4 is 11.7 Å². The zero-order valence-corrected chi connectivity index (χ0v) is 16.4. The fourth-order valence-electron chi connectivity index (χ4n) is 4.35. The Balaban J connectivity index is 1.34. The minimum atomic E-state index is -0.0295. The molecule has 1 aliphatic carbocycles. The molecule has 1 spiro atoms. The minimum Gasteiger partial charge on any atom is -0.487 e. The predicted octanol–water partition coefficient (Wildman–Crippen LogP) is 3.55. The second-order valence-corrected chi connectivity index (χ2v) is 8.51. The van der Waals surface area contributed by atoms with E-state index in [2.05, 4.69) is 30.1 Å². The fourth-order valence-corrected chi connectivity index (χ4v) is 4.35. The van der Waals surface area contributed by atoms with E-state index in [1.54, 1.807) is 11.2 Å². The highest BCUT2D eigenvalue weighted by atomic mass is 16.5. The highest BCUT2D eigenvalue weighted by molar-refractivity contribution is 6.10. The third-order valence-electron chi connectivity index (χ3n) is 6.11. The lowest BCUT2D eigenvalue weighted by Crippen LogP contribution is -2.24. The van der Waals surface area contributed by atoms with Crippen LogP contribution in [0.2, 0.25) is 0 Å². The zero-order chi connectivity index (χ0) is 19.8. The summed E-state index contributed by atoms with van der Waals surface area (Å²) in [5.41, 5.74) is 3.73. The van der Waals surface area contributed by atoms with Crippen LogP contribution in [0.3, 0.4) is 0 Å². The maximum atomic E-state index is 13.1. The van der Waals surface area contributed by atoms with E-state index in [4.69, 9.17) is 9.72 Å². The Bertz CT molecular complexity index is 1160. The highest BCUT2D eigenvalue weighted by Crippen LogP contribution is 2.51. The molecule has 1 saturated carbocycles. The Labute approximate surface area is 168 Å². The number of benzene rings is 1. The quantitative estimate of drug-likeness (QED) is 0.687. The number of nitrogens with zero attached hydrogens (tertiary/aromatic N) is 5. The van der Waals surface area contributed by atoms with E-state index in [-0.39, 0.29) is 17.6 Å². The van der Waals surface area contributed by atoms with Crippen LogP contribution < -0.4 is 9.64 Å². The van der Waals surface area contributed by atoms with E-state index < -0.39 is 0 Å². The van der Waals surface area contributed by atoms with Crippen LogP contribution >= 0.6 is 0 Å². The molecule has 0 atom stereocenters. The zero-order valence-electron chi connectivity index (χ0n) is 16.4. The smallest absolute Gasteiger partial charge is 0.260 e. The van der Waals surface area contributed by atoms with Crippen LogP contribution in [0.25, 0.3) is 11.5 Å². The first-order chi connectivity index (χ1) is 14.0. The molecule has 2 aliphatic heterocycles. The van der Waals surface area contributed by atoms with Crippen LogP contribution in [0.4, 0.5) is 5.82 Å². The fraction of sp³-hybridized carbons (Fsp3) is 0.364. The number of rotatable bonds is 3. The Morgan fingerprint density at radius 2 is 2.03 bits per heavy atom. The van der Waals surface area contributed by atoms with Gasteiger partial charge in [-0.1, -0.05) is 6.07 Å². The second kappa shape index (κ2) is 5.65. The Hall–Kier alpha value is -3.22. The van der Waals surface area contributed by atoms with Crippen molar-refractivity contribution in [3.05, 3.63) is 53.3 Å². The Kier molecular flexibility index (Phi) is 3.26. The van der Waals surface area contributed by atoms with Crippen molar-refractivity contribution in [3.8, 4) is 17.3 Å². The first-order valence-electron chi connectivity index (χ1n) is 10.1. The lowest BCUT2D eigenvalue weighted by molar-refractivity contribution is 0.0995. The summed E-state index contributed by atoms with van der Waals surface area (Å²) in [5.74, 6) is 2.18. The molecule has 1 fully saturated rings. The largest absolute Gasteiger partial charge is 0.487 e. The topological polar surface area (TPSA) is 73.1 Å². The SMILES string of the molecule is CC(C)n1cnnc1-c1cccc(N2Cc3cc4c(cc3C2=O)OC2(CC2)C4)n1. The van der Waals surface area contributed by atoms with Crippen LogP contribution in [-0.4, -0.2) is 31.3 Å². The standard InChI is InChI=1S/C22H21N5O2/c1-13(2)27-12-23-25-20(27)17-4-3-5-19(24-17)26-11-15-8-14-10-22(6-7-22)29-18(14)9-16(15)21(26)28/h3-5,8-9,12-13H,6-7,10-11H2,1-2H3. The van der Waals surface area contributed by atoms with Gasteiger partial charge in [-0.05, 0) is 62.1 Å². The van der Waals surface area contributed by atoms with Crippen molar-refractivity contribution in [3.63, 3.8) is 0 Å². The molecule has 0 N–H and O–H groups in total. The lowest BCUT2D eigenvalue weighted by atomic mass is 10.0. The monoisotopic (exact) mass is 387 g/mol. The molecule has 0 radical (unpaired) electrons. The first kappa shape index (κ1) is 16.7. The van der Waals surface area contributed by atoms with E-state index in [0.717, 1.165) is 36.1 Å². The van der Waals surface area contributed by atoms with Crippen LogP contribution in [-0.2, 0) is 13.0 Å². The second-order valence-electron chi connectivity index (χ2n) is 8.51. The number of ether oxygens (including phenoxy) is 1. The summed E-state index contributed by atoms with van der Waals surface area (Å²) < 4.78 is 8.09. The van der Waals surface area contributed by atoms with E-state index in [9.17, 15) is 4.79 Å². The molecule has 6 rings (SSSR count). The van der Waals surface area contributed by atoms with Crippen LogP contribution in [0.1, 0.15) is 54.2 Å². The summed E-state index contributed by atoms with van der Waals surface area (Å²) in [6, 6.07) is 9.98. The molecule has 7 nitrogen and oxygen atoms in total. The van der Waals surface area contributed by atoms with Crippen LogP contribution in [0.15, 0.2) is 36.7 Å². The number of amides is 1. The van der Waals surface area contributed by atoms with Crippen LogP contribution in [0.5, 0.6) is 5.75 Å². The first-order valence-corrected chi connectivity index (χ1v) is 10.1. The molecule has 0 bridgehead atoms. The van der Waals surface area contributed by atoms with Gasteiger partial charge in [0.25, 0.3) is 5.91 Å². The molecule has 3 aromatic rings. The van der Waals surface area contributed by atoms with E-state index in [1.807, 2.05) is 28.8 Å². The van der Waals surface area contributed by atoms with Crippen molar-refractivity contribution in [2.24, 2.45) is 0 Å². The molecule has 2 aromatic heterocycles. The number of hydrogen-bond acceptors (Lipinski definition) is 5. The molecule has 1 aromatic carbocycles. The average molecular weight is 387 g/mol. The van der Waals surface area contributed by atoms with Gasteiger partial charge >= 0.3 is 0 Å². The summed E-state index contributed by atoms with van der Waals surface area (Å²) in [7, 11) is 0. The molecule has 146 valence electrons. The number of anilines is 1.